The second kappa shape index (κ2) is 7.51. The van der Waals surface area contributed by atoms with Gasteiger partial charge in [0.2, 0.25) is 0 Å². The monoisotopic (exact) mass is 238 g/mol. The number of hydrogen-bond donors (Lipinski definition) is 1. The van der Waals surface area contributed by atoms with Gasteiger partial charge >= 0.3 is 0 Å². The van der Waals surface area contributed by atoms with E-state index in [0.29, 0.717) is 5.92 Å². The van der Waals surface area contributed by atoms with E-state index in [1.54, 1.807) is 6.26 Å². The SMILES string of the molecule is CCCCN(Cc1ccco1)C[C@H](N)C(C)C. The fourth-order valence-electron chi connectivity index (χ4n) is 1.75. The van der Waals surface area contributed by atoms with Gasteiger partial charge in [0.1, 0.15) is 5.76 Å². The van der Waals surface area contributed by atoms with Gasteiger partial charge in [-0.3, -0.25) is 4.90 Å². The van der Waals surface area contributed by atoms with E-state index in [2.05, 4.69) is 25.7 Å². The molecule has 1 rings (SSSR count). The van der Waals surface area contributed by atoms with E-state index >= 15 is 0 Å². The van der Waals surface area contributed by atoms with E-state index in [4.69, 9.17) is 10.2 Å². The Kier molecular flexibility index (Phi) is 6.30. The molecule has 0 aromatic carbocycles. The molecule has 1 aromatic rings. The summed E-state index contributed by atoms with van der Waals surface area (Å²) in [6.07, 6.45) is 4.16. The standard InChI is InChI=1S/C14H26N2O/c1-4-5-8-16(11-14(15)12(2)3)10-13-7-6-9-17-13/h6-7,9,12,14H,4-5,8,10-11,15H2,1-3H3/t14-/m0/s1. The van der Waals surface area contributed by atoms with Gasteiger partial charge in [0.15, 0.2) is 0 Å². The highest BCUT2D eigenvalue weighted by molar-refractivity contribution is 4.98. The Balaban J connectivity index is 2.47. The largest absolute Gasteiger partial charge is 0.468 e. The van der Waals surface area contributed by atoms with E-state index in [1.165, 1.54) is 12.8 Å². The molecule has 0 amide bonds. The van der Waals surface area contributed by atoms with Crippen molar-refractivity contribution < 1.29 is 4.42 Å². The lowest BCUT2D eigenvalue weighted by atomic mass is 10.0. The van der Waals surface area contributed by atoms with Crippen molar-refractivity contribution in [1.82, 2.24) is 4.90 Å². The van der Waals surface area contributed by atoms with Crippen LogP contribution in [0.15, 0.2) is 22.8 Å². The maximum Gasteiger partial charge on any atom is 0.117 e. The van der Waals surface area contributed by atoms with Crippen molar-refractivity contribution >= 4 is 0 Å². The molecule has 0 aliphatic carbocycles. The first-order valence-electron chi connectivity index (χ1n) is 6.63. The molecule has 3 heteroatoms. The molecule has 0 aliphatic heterocycles. The molecule has 0 spiro atoms. The lowest BCUT2D eigenvalue weighted by Gasteiger charge is -2.26. The predicted molar refractivity (Wildman–Crippen MR) is 71.7 cm³/mol. The smallest absolute Gasteiger partial charge is 0.117 e. The third-order valence-electron chi connectivity index (χ3n) is 3.11. The van der Waals surface area contributed by atoms with Gasteiger partial charge in [-0.1, -0.05) is 27.2 Å². The number of unbranched alkanes of at least 4 members (excludes halogenated alkanes) is 1. The second-order valence-corrected chi connectivity index (χ2v) is 5.08. The molecule has 2 N–H and O–H groups in total. The first kappa shape index (κ1) is 14.3. The molecule has 0 bridgehead atoms. The number of hydrogen-bond acceptors (Lipinski definition) is 3. The molecule has 0 saturated carbocycles. The molecule has 98 valence electrons. The Bertz CT molecular complexity index is 282. The Morgan fingerprint density at radius 1 is 1.41 bits per heavy atom. The highest BCUT2D eigenvalue weighted by atomic mass is 16.3. The molecule has 0 unspecified atom stereocenters. The summed E-state index contributed by atoms with van der Waals surface area (Å²) >= 11 is 0. The predicted octanol–water partition coefficient (Wildman–Crippen LogP) is 2.87. The molecular formula is C14H26N2O. The Hall–Kier alpha value is -0.800. The van der Waals surface area contributed by atoms with Crippen LogP contribution in [-0.4, -0.2) is 24.0 Å². The normalized spacial score (nSPS) is 13.5. The van der Waals surface area contributed by atoms with Gasteiger partial charge in [0.25, 0.3) is 0 Å². The minimum absolute atomic E-state index is 0.238. The first-order chi connectivity index (χ1) is 8.13. The van der Waals surface area contributed by atoms with E-state index in [-0.39, 0.29) is 6.04 Å². The third kappa shape index (κ3) is 5.37. The van der Waals surface area contributed by atoms with Crippen LogP contribution in [0.2, 0.25) is 0 Å². The molecule has 1 atom stereocenters. The van der Waals surface area contributed by atoms with E-state index in [1.807, 2.05) is 12.1 Å². The van der Waals surface area contributed by atoms with E-state index in [0.717, 1.165) is 25.4 Å². The molecule has 0 fully saturated rings. The van der Waals surface area contributed by atoms with Crippen molar-refractivity contribution in [3.8, 4) is 0 Å². The van der Waals surface area contributed by atoms with Crippen LogP contribution in [-0.2, 0) is 6.54 Å². The molecule has 17 heavy (non-hydrogen) atoms. The van der Waals surface area contributed by atoms with Crippen LogP contribution in [0, 0.1) is 5.92 Å². The number of nitrogens with two attached hydrogens (primary N) is 1. The quantitative estimate of drug-likeness (QED) is 0.757. The summed E-state index contributed by atoms with van der Waals surface area (Å²) in [4.78, 5) is 2.40. The van der Waals surface area contributed by atoms with Gasteiger partial charge < -0.3 is 10.2 Å². The van der Waals surface area contributed by atoms with Gasteiger partial charge in [-0.15, -0.1) is 0 Å². The number of nitrogens with zero attached hydrogens (tertiary/aromatic N) is 1. The van der Waals surface area contributed by atoms with Crippen LogP contribution in [0.25, 0.3) is 0 Å². The fourth-order valence-corrected chi connectivity index (χ4v) is 1.75. The van der Waals surface area contributed by atoms with Crippen LogP contribution in [0.1, 0.15) is 39.4 Å². The number of furan rings is 1. The molecule has 0 aliphatic rings. The zero-order valence-corrected chi connectivity index (χ0v) is 11.4. The summed E-state index contributed by atoms with van der Waals surface area (Å²) < 4.78 is 5.40. The van der Waals surface area contributed by atoms with E-state index in [9.17, 15) is 0 Å². The van der Waals surface area contributed by atoms with Gasteiger partial charge in [-0.2, -0.15) is 0 Å². The second-order valence-electron chi connectivity index (χ2n) is 5.08. The van der Waals surface area contributed by atoms with Crippen molar-refractivity contribution in [3.05, 3.63) is 24.2 Å². The summed E-state index contributed by atoms with van der Waals surface area (Å²) in [7, 11) is 0. The Morgan fingerprint density at radius 2 is 2.18 bits per heavy atom. The lowest BCUT2D eigenvalue weighted by molar-refractivity contribution is 0.211. The zero-order valence-electron chi connectivity index (χ0n) is 11.4. The average Bonchev–Trinajstić information content (AvgIpc) is 2.78. The average molecular weight is 238 g/mol. The molecule has 1 heterocycles. The number of rotatable bonds is 8. The maximum absolute atomic E-state index is 6.15. The maximum atomic E-state index is 6.15. The van der Waals surface area contributed by atoms with E-state index < -0.39 is 0 Å². The molecule has 1 aromatic heterocycles. The minimum Gasteiger partial charge on any atom is -0.468 e. The molecular weight excluding hydrogens is 212 g/mol. The van der Waals surface area contributed by atoms with Crippen molar-refractivity contribution in [2.75, 3.05) is 13.1 Å². The fraction of sp³-hybridized carbons (Fsp3) is 0.714. The Labute approximate surface area is 105 Å². The van der Waals surface area contributed by atoms with Gasteiger partial charge in [-0.25, -0.2) is 0 Å². The van der Waals surface area contributed by atoms with Crippen LogP contribution in [0.4, 0.5) is 0 Å². The van der Waals surface area contributed by atoms with Crippen molar-refractivity contribution in [1.29, 1.82) is 0 Å². The van der Waals surface area contributed by atoms with Gasteiger partial charge in [0, 0.05) is 12.6 Å². The first-order valence-corrected chi connectivity index (χ1v) is 6.63. The topological polar surface area (TPSA) is 42.4 Å². The highest BCUT2D eigenvalue weighted by Gasteiger charge is 2.14. The summed E-state index contributed by atoms with van der Waals surface area (Å²) in [5, 5.41) is 0. The van der Waals surface area contributed by atoms with Gasteiger partial charge in [-0.05, 0) is 31.0 Å². The summed E-state index contributed by atoms with van der Waals surface area (Å²) in [6, 6.07) is 4.21. The highest BCUT2D eigenvalue weighted by Crippen LogP contribution is 2.09. The minimum atomic E-state index is 0.238. The van der Waals surface area contributed by atoms with Crippen LogP contribution in [0.5, 0.6) is 0 Å². The summed E-state index contributed by atoms with van der Waals surface area (Å²) in [5.74, 6) is 1.55. The van der Waals surface area contributed by atoms with Crippen LogP contribution >= 0.6 is 0 Å². The lowest BCUT2D eigenvalue weighted by Crippen LogP contribution is -2.40. The van der Waals surface area contributed by atoms with Crippen molar-refractivity contribution in [3.63, 3.8) is 0 Å². The van der Waals surface area contributed by atoms with Crippen molar-refractivity contribution in [2.45, 2.75) is 46.2 Å². The molecule has 3 nitrogen and oxygen atoms in total. The summed E-state index contributed by atoms with van der Waals surface area (Å²) in [5.41, 5.74) is 6.15. The van der Waals surface area contributed by atoms with Crippen LogP contribution < -0.4 is 5.73 Å². The third-order valence-corrected chi connectivity index (χ3v) is 3.11. The zero-order chi connectivity index (χ0) is 12.7. The summed E-state index contributed by atoms with van der Waals surface area (Å²) in [6.45, 7) is 9.47. The Morgan fingerprint density at radius 3 is 2.71 bits per heavy atom. The van der Waals surface area contributed by atoms with Crippen LogP contribution in [0.3, 0.4) is 0 Å². The van der Waals surface area contributed by atoms with Gasteiger partial charge in [0.05, 0.1) is 12.8 Å². The molecule has 0 saturated heterocycles. The molecule has 0 radical (unpaired) electrons. The van der Waals surface area contributed by atoms with Crippen molar-refractivity contribution in [2.24, 2.45) is 11.7 Å².